The Morgan fingerprint density at radius 2 is 1.46 bits per heavy atom. The lowest BCUT2D eigenvalue weighted by Gasteiger charge is -2.18. The minimum absolute atomic E-state index is 0.145. The third-order valence-corrected chi connectivity index (χ3v) is 11.0. The van der Waals surface area contributed by atoms with Crippen LogP contribution < -0.4 is 10.6 Å². The fraction of sp³-hybridized carbons (Fsp3) is 0.100. The maximum Gasteiger partial charge on any atom is 0.135 e. The molecule has 4 heteroatoms. The van der Waals surface area contributed by atoms with Crippen LogP contribution in [-0.4, -0.2) is 14.1 Å². The van der Waals surface area contributed by atoms with Gasteiger partial charge in [-0.3, -0.25) is 4.57 Å². The van der Waals surface area contributed by atoms with Crippen LogP contribution in [0.5, 0.6) is 0 Å². The molecular formula is C50H39N3O. The smallest absolute Gasteiger partial charge is 0.135 e. The summed E-state index contributed by atoms with van der Waals surface area (Å²) in [6.07, 6.45) is 14.0. The van der Waals surface area contributed by atoms with E-state index in [0.29, 0.717) is 0 Å². The summed E-state index contributed by atoms with van der Waals surface area (Å²) in [5.74, 6) is 1.21. The van der Waals surface area contributed by atoms with Crippen molar-refractivity contribution in [3.8, 4) is 16.8 Å². The van der Waals surface area contributed by atoms with Gasteiger partial charge in [0.15, 0.2) is 0 Å². The van der Waals surface area contributed by atoms with Crippen molar-refractivity contribution in [3.05, 3.63) is 174 Å². The minimum Gasteiger partial charge on any atom is -0.456 e. The molecule has 10 rings (SSSR count). The van der Waals surface area contributed by atoms with Crippen LogP contribution in [0.4, 0.5) is 0 Å². The maximum absolute atomic E-state index is 6.61. The molecule has 0 saturated heterocycles. The van der Waals surface area contributed by atoms with Crippen molar-refractivity contribution >= 4 is 71.9 Å². The van der Waals surface area contributed by atoms with Crippen molar-refractivity contribution < 1.29 is 4.42 Å². The Bertz CT molecular complexity index is 3160. The zero-order valence-electron chi connectivity index (χ0n) is 30.6. The lowest BCUT2D eigenvalue weighted by molar-refractivity contribution is 0.575. The zero-order valence-corrected chi connectivity index (χ0v) is 30.6. The third kappa shape index (κ3) is 5.02. The van der Waals surface area contributed by atoms with Gasteiger partial charge in [-0.05, 0) is 101 Å². The maximum atomic E-state index is 6.61. The Labute approximate surface area is 313 Å². The number of hydrogen-bond acceptors (Lipinski definition) is 2. The largest absolute Gasteiger partial charge is 0.456 e. The Morgan fingerprint density at radius 1 is 0.704 bits per heavy atom. The number of imidazole rings is 1. The second-order valence-corrected chi connectivity index (χ2v) is 14.2. The van der Waals surface area contributed by atoms with Crippen LogP contribution in [0.2, 0.25) is 0 Å². The van der Waals surface area contributed by atoms with Crippen LogP contribution in [0, 0.1) is 5.92 Å². The molecule has 0 amide bonds. The van der Waals surface area contributed by atoms with E-state index in [4.69, 9.17) is 9.40 Å². The lowest BCUT2D eigenvalue weighted by Crippen LogP contribution is -2.25. The predicted molar refractivity (Wildman–Crippen MR) is 227 cm³/mol. The molecule has 0 radical (unpaired) electrons. The molecule has 1 aliphatic rings. The van der Waals surface area contributed by atoms with Crippen LogP contribution in [-0.2, 0) is 6.42 Å². The van der Waals surface area contributed by atoms with Gasteiger partial charge in [-0.2, -0.15) is 0 Å². The summed E-state index contributed by atoms with van der Waals surface area (Å²) in [6.45, 7) is 6.50. The first-order valence-corrected chi connectivity index (χ1v) is 18.9. The molecule has 260 valence electrons. The molecule has 0 saturated carbocycles. The van der Waals surface area contributed by atoms with E-state index in [0.717, 1.165) is 61.8 Å². The number of furan rings is 1. The molecule has 1 atom stereocenters. The molecule has 1 aliphatic carbocycles. The number of para-hydroxylation sites is 3. The molecule has 0 N–H and O–H groups in total. The van der Waals surface area contributed by atoms with Gasteiger partial charge in [-0.1, -0.05) is 111 Å². The molecule has 3 aromatic heterocycles. The first kappa shape index (κ1) is 32.0. The highest BCUT2D eigenvalue weighted by Gasteiger charge is 2.20. The highest BCUT2D eigenvalue weighted by atomic mass is 16.3. The fourth-order valence-electron chi connectivity index (χ4n) is 8.51. The minimum atomic E-state index is 0.145. The Kier molecular flexibility index (Phi) is 7.58. The summed E-state index contributed by atoms with van der Waals surface area (Å²) >= 11 is 0. The molecule has 0 bridgehead atoms. The highest BCUT2D eigenvalue weighted by Crippen LogP contribution is 2.39. The fourth-order valence-corrected chi connectivity index (χ4v) is 8.51. The molecule has 9 aromatic rings. The van der Waals surface area contributed by atoms with E-state index >= 15 is 0 Å². The number of allylic oxidation sites excluding steroid dienone is 6. The summed E-state index contributed by atoms with van der Waals surface area (Å²) in [5, 5.41) is 7.28. The van der Waals surface area contributed by atoms with Crippen LogP contribution in [0.15, 0.2) is 162 Å². The van der Waals surface area contributed by atoms with Crippen LogP contribution in [0.1, 0.15) is 26.6 Å². The molecular weight excluding hydrogens is 659 g/mol. The monoisotopic (exact) mass is 697 g/mol. The second kappa shape index (κ2) is 12.8. The Balaban J connectivity index is 1.17. The standard InChI is InChI=1S/C50H39N3O/c1-4-6-20-47-50(38-25-24-37(29-32(38)3)53-44-19-13-12-18-42(44)51-48(53)5-2)41-31-35(23-28-46(41)54-47)34-22-26-43-40(30-34)49-39-17-11-10-14-33(39)21-27-45(49)52(43)36-15-8-7-9-16-36/h4,6-32H,5H2,1-3H3/b6-4-,47-20+,50-38-. The summed E-state index contributed by atoms with van der Waals surface area (Å²) in [7, 11) is 0. The van der Waals surface area contributed by atoms with Crippen molar-refractivity contribution in [1.29, 1.82) is 0 Å². The molecule has 4 nitrogen and oxygen atoms in total. The molecule has 0 aliphatic heterocycles. The molecule has 1 unspecified atom stereocenters. The molecule has 0 fully saturated rings. The van der Waals surface area contributed by atoms with Crippen LogP contribution in [0.25, 0.3) is 88.7 Å². The van der Waals surface area contributed by atoms with Gasteiger partial charge in [0, 0.05) is 45.1 Å². The van der Waals surface area contributed by atoms with E-state index in [9.17, 15) is 0 Å². The quantitative estimate of drug-likeness (QED) is 0.179. The van der Waals surface area contributed by atoms with E-state index in [1.54, 1.807) is 0 Å². The van der Waals surface area contributed by atoms with E-state index in [-0.39, 0.29) is 5.92 Å². The number of hydrogen-bond donors (Lipinski definition) is 0. The van der Waals surface area contributed by atoms with Gasteiger partial charge < -0.3 is 8.98 Å². The molecule has 0 spiro atoms. The SMILES string of the molecule is C\C=C/C=c1/oc2ccc(-c3ccc4c(c3)c3c5ccccc5ccc3n4-c3ccccc3)cc2/c1=C1\C=CC(n2c(CC)nc3ccccc32)=CC1C. The van der Waals surface area contributed by atoms with Gasteiger partial charge in [0.25, 0.3) is 0 Å². The van der Waals surface area contributed by atoms with Gasteiger partial charge in [0.2, 0.25) is 0 Å². The number of benzene rings is 6. The van der Waals surface area contributed by atoms with Gasteiger partial charge in [-0.25, -0.2) is 4.98 Å². The number of aryl methyl sites for hydroxylation is 1. The van der Waals surface area contributed by atoms with E-state index in [2.05, 4.69) is 181 Å². The van der Waals surface area contributed by atoms with Gasteiger partial charge in [-0.15, -0.1) is 0 Å². The van der Waals surface area contributed by atoms with Crippen molar-refractivity contribution in [2.75, 3.05) is 0 Å². The number of fused-ring (bicyclic) bond motifs is 7. The van der Waals surface area contributed by atoms with Gasteiger partial charge in [0.1, 0.15) is 16.8 Å². The summed E-state index contributed by atoms with van der Waals surface area (Å²) in [4.78, 5) is 4.95. The first-order chi connectivity index (χ1) is 26.6. The van der Waals surface area contributed by atoms with Crippen molar-refractivity contribution in [3.63, 3.8) is 0 Å². The second-order valence-electron chi connectivity index (χ2n) is 14.2. The molecule has 6 aromatic carbocycles. The van der Waals surface area contributed by atoms with Crippen molar-refractivity contribution in [2.24, 2.45) is 5.92 Å². The van der Waals surface area contributed by atoms with Crippen molar-refractivity contribution in [1.82, 2.24) is 14.1 Å². The van der Waals surface area contributed by atoms with E-state index in [1.807, 2.05) is 13.0 Å². The predicted octanol–water partition coefficient (Wildman–Crippen LogP) is 11.5. The highest BCUT2D eigenvalue weighted by molar-refractivity contribution is 6.22. The van der Waals surface area contributed by atoms with Crippen LogP contribution in [0.3, 0.4) is 0 Å². The van der Waals surface area contributed by atoms with Gasteiger partial charge >= 0.3 is 0 Å². The number of nitrogens with zero attached hydrogens (tertiary/aromatic N) is 3. The lowest BCUT2D eigenvalue weighted by atomic mass is 9.91. The summed E-state index contributed by atoms with van der Waals surface area (Å²) in [5.41, 5.74) is 12.2. The topological polar surface area (TPSA) is 35.9 Å². The molecule has 54 heavy (non-hydrogen) atoms. The van der Waals surface area contributed by atoms with E-state index in [1.165, 1.54) is 43.7 Å². The van der Waals surface area contributed by atoms with Crippen molar-refractivity contribution in [2.45, 2.75) is 27.2 Å². The third-order valence-electron chi connectivity index (χ3n) is 11.0. The zero-order chi connectivity index (χ0) is 36.3. The average molecular weight is 698 g/mol. The first-order valence-electron chi connectivity index (χ1n) is 18.9. The normalized spacial score (nSPS) is 16.2. The molecule has 3 heterocycles. The van der Waals surface area contributed by atoms with E-state index < -0.39 is 0 Å². The Morgan fingerprint density at radius 3 is 2.30 bits per heavy atom. The average Bonchev–Trinajstić information content (AvgIpc) is 3.89. The van der Waals surface area contributed by atoms with Crippen LogP contribution >= 0.6 is 0 Å². The van der Waals surface area contributed by atoms with Gasteiger partial charge in [0.05, 0.1) is 22.1 Å². The number of aromatic nitrogens is 3. The Hall–Kier alpha value is -6.65. The summed E-state index contributed by atoms with van der Waals surface area (Å²) < 4.78 is 11.3. The number of rotatable bonds is 5. The summed E-state index contributed by atoms with van der Waals surface area (Å²) in [6, 6.07) is 45.9.